The third-order valence-corrected chi connectivity index (χ3v) is 1.68. The summed E-state index contributed by atoms with van der Waals surface area (Å²) < 4.78 is 0. The molecule has 5 nitrogen and oxygen atoms in total. The fourth-order valence-electron chi connectivity index (χ4n) is 0.943. The number of carbonyl (C=O) groups is 1. The molecule has 0 radical (unpaired) electrons. The number of aliphatic hydroxyl groups is 1. The van der Waals surface area contributed by atoms with Crippen LogP contribution in [0, 0.1) is 4.91 Å². The minimum absolute atomic E-state index is 0.125. The molecule has 0 aromatic carbocycles. The lowest BCUT2D eigenvalue weighted by Gasteiger charge is -2.22. The number of hydrogen-bond acceptors (Lipinski definition) is 4. The Balaban J connectivity index is 3.06. The van der Waals surface area contributed by atoms with Crippen LogP contribution in [0.1, 0.15) is 6.42 Å². The summed E-state index contributed by atoms with van der Waals surface area (Å²) in [4.78, 5) is 20.6. The van der Waals surface area contributed by atoms with Gasteiger partial charge >= 0.3 is 5.97 Å². The number of nitroso groups, excluding NO2 is 1. The molecule has 0 heterocycles. The summed E-state index contributed by atoms with van der Waals surface area (Å²) in [7, 11) is 0. The zero-order valence-corrected chi connectivity index (χ0v) is 6.10. The van der Waals surface area contributed by atoms with Crippen molar-refractivity contribution in [1.29, 1.82) is 0 Å². The number of rotatable bonds is 2. The predicted molar refractivity (Wildman–Crippen MR) is 40.2 cm³/mol. The Morgan fingerprint density at radius 3 is 2.75 bits per heavy atom. The van der Waals surface area contributed by atoms with Gasteiger partial charge in [-0.1, -0.05) is 12.2 Å². The smallest absolute Gasteiger partial charge is 0.342 e. The third-order valence-electron chi connectivity index (χ3n) is 1.68. The first-order chi connectivity index (χ1) is 5.61. The van der Waals surface area contributed by atoms with Gasteiger partial charge in [-0.15, -0.1) is 4.91 Å². The topological polar surface area (TPSA) is 87.0 Å². The summed E-state index contributed by atoms with van der Waals surface area (Å²) in [6.45, 7) is 0. The summed E-state index contributed by atoms with van der Waals surface area (Å²) in [5.41, 5.74) is -2.51. The predicted octanol–water partition coefficient (Wildman–Crippen LogP) is 0.412. The zero-order chi connectivity index (χ0) is 9.19. The molecule has 64 valence electrons. The highest BCUT2D eigenvalue weighted by atomic mass is 16.4. The van der Waals surface area contributed by atoms with Crippen LogP contribution in [0.2, 0.25) is 0 Å². The first-order valence-corrected chi connectivity index (χ1v) is 3.27. The number of carboxylic acids is 1. The van der Waals surface area contributed by atoms with Gasteiger partial charge in [-0.05, 0) is 11.3 Å². The average molecular weight is 169 g/mol. The number of carboxylic acid groups (broad SMARTS) is 1. The minimum atomic E-state index is -2.14. The summed E-state index contributed by atoms with van der Waals surface area (Å²) in [6.07, 6.45) is 4.00. The molecule has 2 N–H and O–H groups in total. The van der Waals surface area contributed by atoms with E-state index in [0.717, 1.165) is 0 Å². The second-order valence-corrected chi connectivity index (χ2v) is 2.44. The van der Waals surface area contributed by atoms with Crippen LogP contribution < -0.4 is 0 Å². The molecule has 0 amide bonds. The highest BCUT2D eigenvalue weighted by Crippen LogP contribution is 2.26. The normalized spacial score (nSPS) is 27.9. The van der Waals surface area contributed by atoms with Crippen molar-refractivity contribution in [2.24, 2.45) is 5.18 Å². The molecule has 12 heavy (non-hydrogen) atoms. The molecule has 0 fully saturated rings. The van der Waals surface area contributed by atoms with Gasteiger partial charge in [0.15, 0.2) is 0 Å². The fraction of sp³-hybridized carbons (Fsp3) is 0.286. The molecular formula is C7H7NO4. The first-order valence-electron chi connectivity index (χ1n) is 3.27. The molecule has 5 heteroatoms. The SMILES string of the molecule is O=NC1=CC=CCC1(O)C(=O)O. The van der Waals surface area contributed by atoms with Crippen molar-refractivity contribution < 1.29 is 15.0 Å². The Hall–Kier alpha value is -1.49. The van der Waals surface area contributed by atoms with Gasteiger partial charge in [0.05, 0.1) is 0 Å². The van der Waals surface area contributed by atoms with E-state index in [9.17, 15) is 14.8 Å². The Morgan fingerprint density at radius 2 is 2.33 bits per heavy atom. The maximum absolute atomic E-state index is 10.5. The molecular weight excluding hydrogens is 162 g/mol. The quantitative estimate of drug-likeness (QED) is 0.586. The van der Waals surface area contributed by atoms with Crippen molar-refractivity contribution in [3.63, 3.8) is 0 Å². The van der Waals surface area contributed by atoms with Crippen LogP contribution in [0.4, 0.5) is 0 Å². The highest BCUT2D eigenvalue weighted by Gasteiger charge is 2.41. The molecule has 0 aromatic rings. The molecule has 0 spiro atoms. The van der Waals surface area contributed by atoms with Crippen molar-refractivity contribution in [1.82, 2.24) is 0 Å². The number of aliphatic carboxylic acids is 1. The Labute approximate surface area is 68.0 Å². The largest absolute Gasteiger partial charge is 0.479 e. The first kappa shape index (κ1) is 8.61. The van der Waals surface area contributed by atoms with Crippen LogP contribution in [0.3, 0.4) is 0 Å². The van der Waals surface area contributed by atoms with E-state index in [2.05, 4.69) is 5.18 Å². The van der Waals surface area contributed by atoms with E-state index in [-0.39, 0.29) is 12.1 Å². The van der Waals surface area contributed by atoms with Crippen LogP contribution in [-0.2, 0) is 4.79 Å². The molecule has 1 aliphatic rings. The molecule has 1 rings (SSSR count). The second-order valence-electron chi connectivity index (χ2n) is 2.44. The van der Waals surface area contributed by atoms with Gasteiger partial charge < -0.3 is 10.2 Å². The minimum Gasteiger partial charge on any atom is -0.479 e. The van der Waals surface area contributed by atoms with Gasteiger partial charge in [-0.25, -0.2) is 4.79 Å². The van der Waals surface area contributed by atoms with E-state index >= 15 is 0 Å². The van der Waals surface area contributed by atoms with Gasteiger partial charge in [0.25, 0.3) is 0 Å². The van der Waals surface area contributed by atoms with E-state index in [1.807, 2.05) is 0 Å². The van der Waals surface area contributed by atoms with Gasteiger partial charge in [0.1, 0.15) is 5.70 Å². The summed E-state index contributed by atoms with van der Waals surface area (Å²) in [5, 5.41) is 20.4. The summed E-state index contributed by atoms with van der Waals surface area (Å²) >= 11 is 0. The standard InChI is InChI=1S/C7H7NO4/c9-6(10)7(11)4-2-1-3-5(7)8-12/h1-3,11H,4H2,(H,9,10). The third kappa shape index (κ3) is 1.14. The van der Waals surface area contributed by atoms with Crippen molar-refractivity contribution in [3.05, 3.63) is 28.8 Å². The Kier molecular flexibility index (Phi) is 2.05. The van der Waals surface area contributed by atoms with E-state index in [1.165, 1.54) is 18.2 Å². The van der Waals surface area contributed by atoms with Gasteiger partial charge in [0, 0.05) is 6.42 Å². The Bertz CT molecular complexity index is 281. The monoisotopic (exact) mass is 169 g/mol. The van der Waals surface area contributed by atoms with Gasteiger partial charge in [-0.3, -0.25) is 0 Å². The molecule has 0 aliphatic heterocycles. The average Bonchev–Trinajstić information content (AvgIpc) is 2.05. The lowest BCUT2D eigenvalue weighted by atomic mass is 9.92. The molecule has 0 bridgehead atoms. The van der Waals surface area contributed by atoms with Crippen LogP contribution in [-0.4, -0.2) is 21.8 Å². The van der Waals surface area contributed by atoms with Crippen molar-refractivity contribution in [2.75, 3.05) is 0 Å². The van der Waals surface area contributed by atoms with Crippen molar-refractivity contribution >= 4 is 5.97 Å². The maximum Gasteiger partial charge on any atom is 0.342 e. The lowest BCUT2D eigenvalue weighted by molar-refractivity contribution is -0.154. The fourth-order valence-corrected chi connectivity index (χ4v) is 0.943. The molecule has 1 aliphatic carbocycles. The maximum atomic E-state index is 10.5. The van der Waals surface area contributed by atoms with E-state index in [0.29, 0.717) is 0 Å². The molecule has 0 saturated heterocycles. The van der Waals surface area contributed by atoms with Gasteiger partial charge in [-0.2, -0.15) is 0 Å². The Morgan fingerprint density at radius 1 is 1.67 bits per heavy atom. The molecule has 1 atom stereocenters. The zero-order valence-electron chi connectivity index (χ0n) is 6.10. The highest BCUT2D eigenvalue weighted by molar-refractivity contribution is 5.82. The van der Waals surface area contributed by atoms with Gasteiger partial charge in [0.2, 0.25) is 5.60 Å². The number of nitrogens with zero attached hydrogens (tertiary/aromatic N) is 1. The van der Waals surface area contributed by atoms with Crippen LogP contribution in [0.25, 0.3) is 0 Å². The molecule has 0 aromatic heterocycles. The number of allylic oxidation sites excluding steroid dienone is 2. The van der Waals surface area contributed by atoms with E-state index < -0.39 is 11.6 Å². The van der Waals surface area contributed by atoms with Crippen molar-refractivity contribution in [3.8, 4) is 0 Å². The van der Waals surface area contributed by atoms with E-state index in [1.54, 1.807) is 0 Å². The van der Waals surface area contributed by atoms with Crippen LogP contribution in [0.15, 0.2) is 29.1 Å². The number of hydrogen-bond donors (Lipinski definition) is 2. The van der Waals surface area contributed by atoms with Crippen molar-refractivity contribution in [2.45, 2.75) is 12.0 Å². The molecule has 0 saturated carbocycles. The second kappa shape index (κ2) is 2.86. The van der Waals surface area contributed by atoms with Crippen LogP contribution >= 0.6 is 0 Å². The molecule has 1 unspecified atom stereocenters. The summed E-state index contributed by atoms with van der Waals surface area (Å²) in [5.74, 6) is -1.46. The van der Waals surface area contributed by atoms with Crippen LogP contribution in [0.5, 0.6) is 0 Å². The lowest BCUT2D eigenvalue weighted by Crippen LogP contribution is -2.40. The summed E-state index contributed by atoms with van der Waals surface area (Å²) in [6, 6.07) is 0. The van der Waals surface area contributed by atoms with E-state index in [4.69, 9.17) is 5.11 Å².